The van der Waals surface area contributed by atoms with Crippen molar-refractivity contribution in [1.29, 1.82) is 0 Å². The van der Waals surface area contributed by atoms with Crippen LogP contribution >= 0.6 is 0 Å². The first kappa shape index (κ1) is 11.7. The van der Waals surface area contributed by atoms with E-state index in [0.29, 0.717) is 0 Å². The van der Waals surface area contributed by atoms with Crippen LogP contribution in [0.15, 0.2) is 48.5 Å². The molecule has 0 aliphatic rings. The van der Waals surface area contributed by atoms with E-state index in [1.165, 1.54) is 10.8 Å². The molecule has 1 N–H and O–H groups in total. The summed E-state index contributed by atoms with van der Waals surface area (Å²) in [5, 5.41) is 13.6. The average Bonchev–Trinajstić information content (AvgIpc) is 2.41. The molecule has 0 heterocycles. The van der Waals surface area contributed by atoms with Gasteiger partial charge in [0.15, 0.2) is 0 Å². The van der Waals surface area contributed by atoms with E-state index in [9.17, 15) is 4.79 Å². The van der Waals surface area contributed by atoms with Crippen molar-refractivity contribution in [3.63, 3.8) is 0 Å². The van der Waals surface area contributed by atoms with Crippen molar-refractivity contribution < 1.29 is 9.90 Å². The molecule has 0 radical (unpaired) electrons. The fraction of sp³-hybridized carbons (Fsp3) is 0.118. The van der Waals surface area contributed by atoms with Gasteiger partial charge in [0.05, 0.1) is 6.42 Å². The van der Waals surface area contributed by atoms with Gasteiger partial charge in [0.1, 0.15) is 0 Å². The Bertz CT molecular complexity index is 788. The van der Waals surface area contributed by atoms with Gasteiger partial charge in [0.2, 0.25) is 0 Å². The summed E-state index contributed by atoms with van der Waals surface area (Å²) < 4.78 is 0. The summed E-state index contributed by atoms with van der Waals surface area (Å²) >= 11 is 0. The molecule has 0 fully saturated rings. The molecule has 0 atom stereocenters. The van der Waals surface area contributed by atoms with Gasteiger partial charge in [-0.2, -0.15) is 0 Å². The molecule has 0 bridgehead atoms. The quantitative estimate of drug-likeness (QED) is 0.700. The maximum absolute atomic E-state index is 11.0. The number of aliphatic carboxylic acids is 1. The SMILES string of the molecule is Cc1ccc2c(ccc3ccccc32)c1CC(=O)O. The van der Waals surface area contributed by atoms with Crippen LogP contribution in [-0.2, 0) is 11.2 Å². The van der Waals surface area contributed by atoms with Crippen molar-refractivity contribution in [2.75, 3.05) is 0 Å². The Balaban J connectivity index is 2.40. The van der Waals surface area contributed by atoms with Crippen LogP contribution in [0.1, 0.15) is 11.1 Å². The number of rotatable bonds is 2. The van der Waals surface area contributed by atoms with Crippen molar-refractivity contribution in [3.8, 4) is 0 Å². The third-order valence-electron chi connectivity index (χ3n) is 3.60. The van der Waals surface area contributed by atoms with Gasteiger partial charge >= 0.3 is 5.97 Å². The standard InChI is InChI=1S/C17H14O2/c1-11-6-8-14-13-5-3-2-4-12(13)7-9-15(14)16(11)10-17(18)19/h2-9H,10H2,1H3,(H,18,19). The van der Waals surface area contributed by atoms with Crippen LogP contribution in [0.3, 0.4) is 0 Å². The number of carboxylic acid groups (broad SMARTS) is 1. The Morgan fingerprint density at radius 3 is 2.47 bits per heavy atom. The maximum Gasteiger partial charge on any atom is 0.307 e. The second-order valence-corrected chi connectivity index (χ2v) is 4.81. The first-order valence-electron chi connectivity index (χ1n) is 6.28. The van der Waals surface area contributed by atoms with Gasteiger partial charge in [-0.05, 0) is 39.6 Å². The highest BCUT2D eigenvalue weighted by molar-refractivity contribution is 6.09. The Labute approximate surface area is 111 Å². The van der Waals surface area contributed by atoms with Crippen LogP contribution in [0.4, 0.5) is 0 Å². The maximum atomic E-state index is 11.0. The molecule has 2 heteroatoms. The van der Waals surface area contributed by atoms with Crippen molar-refractivity contribution in [1.82, 2.24) is 0 Å². The zero-order valence-electron chi connectivity index (χ0n) is 10.7. The van der Waals surface area contributed by atoms with E-state index in [1.54, 1.807) is 0 Å². The Hall–Kier alpha value is -2.35. The molecule has 3 aromatic rings. The van der Waals surface area contributed by atoms with Gasteiger partial charge in [0.25, 0.3) is 0 Å². The fourth-order valence-corrected chi connectivity index (χ4v) is 2.65. The number of hydrogen-bond acceptors (Lipinski definition) is 1. The highest BCUT2D eigenvalue weighted by Gasteiger charge is 2.10. The molecule has 0 amide bonds. The minimum atomic E-state index is -0.788. The molecule has 2 nitrogen and oxygen atoms in total. The lowest BCUT2D eigenvalue weighted by molar-refractivity contribution is -0.136. The van der Waals surface area contributed by atoms with Gasteiger partial charge in [-0.3, -0.25) is 4.79 Å². The highest BCUT2D eigenvalue weighted by Crippen LogP contribution is 2.29. The zero-order valence-corrected chi connectivity index (χ0v) is 10.7. The molecular weight excluding hydrogens is 236 g/mol. The number of fused-ring (bicyclic) bond motifs is 3. The summed E-state index contributed by atoms with van der Waals surface area (Å²) in [5.74, 6) is -0.788. The first-order valence-corrected chi connectivity index (χ1v) is 6.28. The average molecular weight is 250 g/mol. The first-order chi connectivity index (χ1) is 9.16. The minimum Gasteiger partial charge on any atom is -0.481 e. The van der Waals surface area contributed by atoms with Crippen LogP contribution < -0.4 is 0 Å². The van der Waals surface area contributed by atoms with E-state index >= 15 is 0 Å². The summed E-state index contributed by atoms with van der Waals surface area (Å²) in [4.78, 5) is 11.0. The highest BCUT2D eigenvalue weighted by atomic mass is 16.4. The molecule has 0 aliphatic carbocycles. The van der Waals surface area contributed by atoms with E-state index < -0.39 is 5.97 Å². The second-order valence-electron chi connectivity index (χ2n) is 4.81. The lowest BCUT2D eigenvalue weighted by atomic mass is 9.94. The van der Waals surface area contributed by atoms with E-state index in [2.05, 4.69) is 24.3 Å². The number of aryl methyl sites for hydroxylation is 1. The third-order valence-corrected chi connectivity index (χ3v) is 3.60. The number of carboxylic acids is 1. The van der Waals surface area contributed by atoms with Crippen LogP contribution in [0.2, 0.25) is 0 Å². The molecule has 19 heavy (non-hydrogen) atoms. The molecular formula is C17H14O2. The second kappa shape index (κ2) is 4.39. The molecule has 3 aromatic carbocycles. The molecule has 0 spiro atoms. The predicted molar refractivity (Wildman–Crippen MR) is 77.5 cm³/mol. The largest absolute Gasteiger partial charge is 0.481 e. The lowest BCUT2D eigenvalue weighted by Gasteiger charge is -2.10. The minimum absolute atomic E-state index is 0.0709. The summed E-state index contributed by atoms with van der Waals surface area (Å²) in [7, 11) is 0. The number of carbonyl (C=O) groups is 1. The normalized spacial score (nSPS) is 11.0. The van der Waals surface area contributed by atoms with E-state index in [-0.39, 0.29) is 6.42 Å². The predicted octanol–water partition coefficient (Wildman–Crippen LogP) is 3.93. The van der Waals surface area contributed by atoms with E-state index in [0.717, 1.165) is 21.9 Å². The summed E-state index contributed by atoms with van der Waals surface area (Å²) in [6, 6.07) is 16.4. The van der Waals surface area contributed by atoms with Crippen LogP contribution in [-0.4, -0.2) is 11.1 Å². The summed E-state index contributed by atoms with van der Waals surface area (Å²) in [6.07, 6.45) is 0.0709. The van der Waals surface area contributed by atoms with Gasteiger partial charge in [0, 0.05) is 0 Å². The van der Waals surface area contributed by atoms with Crippen molar-refractivity contribution in [2.24, 2.45) is 0 Å². The van der Waals surface area contributed by atoms with Crippen molar-refractivity contribution in [3.05, 3.63) is 59.7 Å². The van der Waals surface area contributed by atoms with Gasteiger partial charge in [-0.25, -0.2) is 0 Å². The van der Waals surface area contributed by atoms with Crippen LogP contribution in [0, 0.1) is 6.92 Å². The molecule has 0 unspecified atom stereocenters. The number of benzene rings is 3. The molecule has 0 saturated heterocycles. The fourth-order valence-electron chi connectivity index (χ4n) is 2.65. The molecule has 94 valence electrons. The topological polar surface area (TPSA) is 37.3 Å². The zero-order chi connectivity index (χ0) is 13.4. The smallest absolute Gasteiger partial charge is 0.307 e. The van der Waals surface area contributed by atoms with Crippen molar-refractivity contribution in [2.45, 2.75) is 13.3 Å². The number of hydrogen-bond donors (Lipinski definition) is 1. The third kappa shape index (κ3) is 1.95. The van der Waals surface area contributed by atoms with Gasteiger partial charge < -0.3 is 5.11 Å². The van der Waals surface area contributed by atoms with Gasteiger partial charge in [-0.15, -0.1) is 0 Å². The summed E-state index contributed by atoms with van der Waals surface area (Å²) in [6.45, 7) is 1.97. The summed E-state index contributed by atoms with van der Waals surface area (Å²) in [5.41, 5.74) is 1.95. The Morgan fingerprint density at radius 2 is 1.68 bits per heavy atom. The molecule has 0 aromatic heterocycles. The Morgan fingerprint density at radius 1 is 0.947 bits per heavy atom. The van der Waals surface area contributed by atoms with Gasteiger partial charge in [-0.1, -0.05) is 48.5 Å². The molecule has 0 saturated carbocycles. The van der Waals surface area contributed by atoms with Crippen LogP contribution in [0.25, 0.3) is 21.5 Å². The monoisotopic (exact) mass is 250 g/mol. The molecule has 0 aliphatic heterocycles. The molecule has 3 rings (SSSR count). The van der Waals surface area contributed by atoms with Crippen LogP contribution in [0.5, 0.6) is 0 Å². The van der Waals surface area contributed by atoms with E-state index in [4.69, 9.17) is 5.11 Å². The van der Waals surface area contributed by atoms with Crippen molar-refractivity contribution >= 4 is 27.5 Å². The van der Waals surface area contributed by atoms with E-state index in [1.807, 2.05) is 31.2 Å². The lowest BCUT2D eigenvalue weighted by Crippen LogP contribution is -2.02. The Kier molecular flexibility index (Phi) is 2.71.